The Morgan fingerprint density at radius 3 is 0.957 bits per heavy atom. The molecule has 0 aliphatic rings. The van der Waals surface area contributed by atoms with Crippen molar-refractivity contribution in [1.29, 1.82) is 0 Å². The van der Waals surface area contributed by atoms with Crippen molar-refractivity contribution < 1.29 is 44.3 Å². The molecule has 6 aromatic carbocycles. The van der Waals surface area contributed by atoms with Gasteiger partial charge >= 0.3 is 17.9 Å². The first-order chi connectivity index (χ1) is 33.1. The van der Waals surface area contributed by atoms with Crippen molar-refractivity contribution in [3.8, 4) is 11.5 Å². The summed E-state index contributed by atoms with van der Waals surface area (Å²) in [4.78, 5) is 34.7. The van der Waals surface area contributed by atoms with E-state index in [9.17, 15) is 14.4 Å². The van der Waals surface area contributed by atoms with Gasteiger partial charge < -0.3 is 39.7 Å². The summed E-state index contributed by atoms with van der Waals surface area (Å²) in [6.45, 7) is 7.65. The van der Waals surface area contributed by atoms with Crippen LogP contribution in [0.5, 0.6) is 11.5 Å². The highest BCUT2D eigenvalue weighted by Gasteiger charge is 2.40. The lowest BCUT2D eigenvalue weighted by Gasteiger charge is -2.18. The minimum atomic E-state index is -2.74. The lowest BCUT2D eigenvalue weighted by Crippen LogP contribution is -2.42. The highest BCUT2D eigenvalue weighted by Crippen LogP contribution is 2.36. The predicted octanol–water partition coefficient (Wildman–Crippen LogP) is 10.7. The fourth-order valence-corrected chi connectivity index (χ4v) is 7.41. The molecule has 362 valence electrons. The monoisotopic (exact) mass is 934 g/mol. The molecule has 0 atom stereocenters. The summed E-state index contributed by atoms with van der Waals surface area (Å²) in [6.07, 6.45) is -0.353. The Kier molecular flexibility index (Phi) is 22.1. The number of ether oxygens (including phenoxy) is 2. The van der Waals surface area contributed by atoms with E-state index in [-0.39, 0.29) is 0 Å². The summed E-state index contributed by atoms with van der Waals surface area (Å²) in [7, 11) is 8.22. The molecule has 6 aromatic rings. The third-order valence-electron chi connectivity index (χ3n) is 10.9. The molecule has 4 N–H and O–H groups in total. The summed E-state index contributed by atoms with van der Waals surface area (Å²) in [5, 5.41) is 33.8. The number of benzene rings is 6. The fourth-order valence-electron chi connectivity index (χ4n) is 7.41. The van der Waals surface area contributed by atoms with E-state index in [2.05, 4.69) is 222 Å². The van der Waals surface area contributed by atoms with Gasteiger partial charge in [0.1, 0.15) is 24.7 Å². The number of carboxylic acid groups (broad SMARTS) is 3. The molecule has 0 spiro atoms. The van der Waals surface area contributed by atoms with Crippen LogP contribution in [0.3, 0.4) is 0 Å². The molecule has 0 heterocycles. The summed E-state index contributed by atoms with van der Waals surface area (Å²) in [5.41, 5.74) is 10.00. The first kappa shape index (κ1) is 54.3. The van der Waals surface area contributed by atoms with Crippen molar-refractivity contribution in [3.05, 3.63) is 203 Å². The van der Waals surface area contributed by atoms with E-state index in [0.717, 1.165) is 37.4 Å². The summed E-state index contributed by atoms with van der Waals surface area (Å²) < 4.78 is 11.7. The molecule has 0 unspecified atom stereocenters. The van der Waals surface area contributed by atoms with E-state index in [1.807, 2.05) is 0 Å². The minimum Gasteiger partial charge on any atom is -0.492 e. The van der Waals surface area contributed by atoms with Gasteiger partial charge in [-0.05, 0) is 121 Å². The fraction of sp³-hybridized carbons (Fsp3) is 0.259. The van der Waals surface area contributed by atoms with Gasteiger partial charge in [0.25, 0.3) is 0 Å². The van der Waals surface area contributed by atoms with Crippen LogP contribution in [0.2, 0.25) is 0 Å². The molecule has 6 rings (SSSR count). The zero-order valence-electron chi connectivity index (χ0n) is 40.5. The molecule has 0 aliphatic heterocycles. The van der Waals surface area contributed by atoms with Crippen molar-refractivity contribution in [2.75, 3.05) is 54.5 Å². The maximum absolute atomic E-state index is 10.3. The number of hydrogen-bond donors (Lipinski definition) is 4. The Balaban J connectivity index is 0.000000242. The second-order valence-electron chi connectivity index (χ2n) is 16.7. The van der Waals surface area contributed by atoms with Crippen molar-refractivity contribution in [3.63, 3.8) is 0 Å². The molecule has 0 aromatic heterocycles. The summed E-state index contributed by atoms with van der Waals surface area (Å²) >= 11 is 0. The first-order valence-corrected chi connectivity index (χ1v) is 23.0. The number of allylic oxidation sites excluding steroid dienone is 2. The van der Waals surface area contributed by atoms with Gasteiger partial charge in [0.15, 0.2) is 5.60 Å². The Bertz CT molecular complexity index is 2370. The normalized spacial score (nSPS) is 11.8. The molecule has 0 fully saturated rings. The van der Waals surface area contributed by atoms with E-state index in [1.165, 1.54) is 55.7 Å². The zero-order valence-corrected chi connectivity index (χ0v) is 40.5. The Morgan fingerprint density at radius 1 is 0.435 bits per heavy atom. The van der Waals surface area contributed by atoms with E-state index in [0.29, 0.717) is 13.2 Å². The molecule has 11 nitrogen and oxygen atoms in total. The van der Waals surface area contributed by atoms with Crippen molar-refractivity contribution in [2.24, 2.45) is 0 Å². The van der Waals surface area contributed by atoms with Crippen molar-refractivity contribution in [2.45, 2.75) is 45.1 Å². The number of hydrogen-bond acceptors (Lipinski definition) is 8. The zero-order chi connectivity index (χ0) is 50.2. The van der Waals surface area contributed by atoms with Crippen molar-refractivity contribution in [1.82, 2.24) is 9.80 Å². The predicted molar refractivity (Wildman–Crippen MR) is 276 cm³/mol. The third-order valence-corrected chi connectivity index (χ3v) is 10.9. The highest BCUT2D eigenvalue weighted by molar-refractivity contribution is 5.99. The van der Waals surface area contributed by atoms with Crippen molar-refractivity contribution >= 4 is 40.2 Å². The number of aliphatic hydroxyl groups is 1. The van der Waals surface area contributed by atoms with Gasteiger partial charge in [-0.15, -0.1) is 0 Å². The largest absolute Gasteiger partial charge is 0.492 e. The summed E-state index contributed by atoms with van der Waals surface area (Å²) in [6, 6.07) is 59.6. The van der Waals surface area contributed by atoms with Crippen LogP contribution in [0.15, 0.2) is 170 Å². The first-order valence-electron chi connectivity index (χ1n) is 23.0. The van der Waals surface area contributed by atoms with Crippen LogP contribution < -0.4 is 9.47 Å². The number of aliphatic carboxylic acids is 3. The molecule has 69 heavy (non-hydrogen) atoms. The molecule has 0 bridgehead atoms. The molecule has 0 amide bonds. The maximum atomic E-state index is 10.3. The summed E-state index contributed by atoms with van der Waals surface area (Å²) in [5.74, 6) is -3.19. The molecule has 0 aliphatic carbocycles. The van der Waals surface area contributed by atoms with Crippen LogP contribution in [-0.2, 0) is 14.4 Å². The Hall–Kier alpha value is -7.31. The van der Waals surface area contributed by atoms with E-state index >= 15 is 0 Å². The van der Waals surface area contributed by atoms with E-state index in [4.69, 9.17) is 29.9 Å². The molecule has 0 saturated heterocycles. The number of rotatable bonds is 21. The lowest BCUT2D eigenvalue weighted by atomic mass is 9.88. The molecular weight excluding hydrogens is 869 g/mol. The minimum absolute atomic E-state index is 0.692. The van der Waals surface area contributed by atoms with Crippen LogP contribution in [0.25, 0.3) is 22.3 Å². The Labute approximate surface area is 407 Å². The number of carboxylic acids is 3. The van der Waals surface area contributed by atoms with Gasteiger partial charge in [0, 0.05) is 13.1 Å². The molecular formula is C58H66N2O9. The average Bonchev–Trinajstić information content (AvgIpc) is 3.34. The number of likely N-dealkylation sites (N-methyl/N-ethyl adjacent to an activating group) is 2. The maximum Gasteiger partial charge on any atom is 0.336 e. The van der Waals surface area contributed by atoms with Crippen LogP contribution in [0, 0.1) is 0 Å². The smallest absolute Gasteiger partial charge is 0.336 e. The second-order valence-corrected chi connectivity index (χ2v) is 16.7. The molecule has 0 radical (unpaired) electrons. The SMILES string of the molecule is CC/C(=C(\c1ccccc1)c1ccc(OCCN(C)C)cc1)c1ccccc1.CC/C(=C(\c1ccccc1)c1ccc(OCCN(C)C)cc1)c1ccccc1.O=C(O)CC(O)(CC(=O)O)C(=O)O. The van der Waals surface area contributed by atoms with E-state index in [1.54, 1.807) is 0 Å². The van der Waals surface area contributed by atoms with Gasteiger partial charge in [-0.2, -0.15) is 0 Å². The topological polar surface area (TPSA) is 157 Å². The standard InChI is InChI=1S/2C26H29NO.C6H8O7/c2*1-4-25(21-11-7-5-8-12-21)26(22-13-9-6-10-14-22)23-15-17-24(18-16-23)28-20-19-27(2)3;7-3(8)1-6(13,5(11)12)2-4(9)10/h2*5-18H,4,19-20H2,1-3H3;13H,1-2H2,(H,7,8)(H,9,10)(H,11,12)/b2*26-25-;. The van der Waals surface area contributed by atoms with Crippen LogP contribution in [0.1, 0.15) is 72.9 Å². The van der Waals surface area contributed by atoms with Gasteiger partial charge in [0.2, 0.25) is 0 Å². The number of nitrogens with zero attached hydrogens (tertiary/aromatic N) is 2. The average molecular weight is 935 g/mol. The lowest BCUT2D eigenvalue weighted by molar-refractivity contribution is -0.170. The molecule has 0 saturated carbocycles. The van der Waals surface area contributed by atoms with Gasteiger partial charge in [-0.25, -0.2) is 4.79 Å². The highest BCUT2D eigenvalue weighted by atomic mass is 16.5. The quantitative estimate of drug-likeness (QED) is 0.0509. The molecule has 11 heteroatoms. The van der Waals surface area contributed by atoms with E-state index < -0.39 is 36.4 Å². The van der Waals surface area contributed by atoms with Crippen LogP contribution in [0.4, 0.5) is 0 Å². The number of carbonyl (C=O) groups is 3. The van der Waals surface area contributed by atoms with Gasteiger partial charge in [0.05, 0.1) is 12.8 Å². The van der Waals surface area contributed by atoms with Gasteiger partial charge in [-0.3, -0.25) is 9.59 Å². The third kappa shape index (κ3) is 17.7. The van der Waals surface area contributed by atoms with Gasteiger partial charge in [-0.1, -0.05) is 159 Å². The Morgan fingerprint density at radius 2 is 0.710 bits per heavy atom. The van der Waals surface area contributed by atoms with Crippen LogP contribution >= 0.6 is 0 Å². The second kappa shape index (κ2) is 28.1. The van der Waals surface area contributed by atoms with Crippen LogP contribution in [-0.4, -0.2) is 108 Å².